The van der Waals surface area contributed by atoms with E-state index in [4.69, 9.17) is 0 Å². The third-order valence-electron chi connectivity index (χ3n) is 2.41. The summed E-state index contributed by atoms with van der Waals surface area (Å²) < 4.78 is 13.8. The van der Waals surface area contributed by atoms with Gasteiger partial charge in [0.25, 0.3) is 0 Å². The van der Waals surface area contributed by atoms with E-state index < -0.39 is 0 Å². The van der Waals surface area contributed by atoms with Gasteiger partial charge in [-0.1, -0.05) is 13.0 Å². The zero-order chi connectivity index (χ0) is 13.0. The minimum absolute atomic E-state index is 0.201. The van der Waals surface area contributed by atoms with Crippen molar-refractivity contribution in [3.63, 3.8) is 0 Å². The standard InChI is InChI=1S/C12H15FN4S/c1-3-14-7-9-10(13)5-4-6-11(9)18-12-15-8(2)16-17-12/h4-6,14H,3,7H2,1-2H3,(H,15,16,17). The fourth-order valence-corrected chi connectivity index (χ4v) is 2.43. The first-order valence-corrected chi connectivity index (χ1v) is 6.57. The topological polar surface area (TPSA) is 53.6 Å². The molecule has 96 valence electrons. The van der Waals surface area contributed by atoms with E-state index in [1.807, 2.05) is 19.9 Å². The number of nitrogens with zero attached hydrogens (tertiary/aromatic N) is 2. The Labute approximate surface area is 109 Å². The summed E-state index contributed by atoms with van der Waals surface area (Å²) in [4.78, 5) is 5.05. The van der Waals surface area contributed by atoms with Crippen LogP contribution in [0.4, 0.5) is 4.39 Å². The average molecular weight is 266 g/mol. The number of halogens is 1. The quantitative estimate of drug-likeness (QED) is 0.873. The third kappa shape index (κ3) is 3.08. The highest BCUT2D eigenvalue weighted by atomic mass is 32.2. The van der Waals surface area contributed by atoms with Crippen LogP contribution in [0.25, 0.3) is 0 Å². The molecule has 0 aliphatic rings. The number of nitrogens with one attached hydrogen (secondary N) is 2. The van der Waals surface area contributed by atoms with Crippen molar-refractivity contribution >= 4 is 11.8 Å². The van der Waals surface area contributed by atoms with E-state index in [2.05, 4.69) is 20.5 Å². The summed E-state index contributed by atoms with van der Waals surface area (Å²) in [6.07, 6.45) is 0. The van der Waals surface area contributed by atoms with Gasteiger partial charge < -0.3 is 5.32 Å². The predicted molar refractivity (Wildman–Crippen MR) is 69.0 cm³/mol. The Balaban J connectivity index is 2.23. The first-order valence-electron chi connectivity index (χ1n) is 5.75. The Hall–Kier alpha value is -1.40. The Morgan fingerprint density at radius 1 is 1.44 bits per heavy atom. The monoisotopic (exact) mass is 266 g/mol. The molecule has 4 nitrogen and oxygen atoms in total. The molecule has 0 radical (unpaired) electrons. The SMILES string of the molecule is CCNCc1c(F)cccc1Sc1n[nH]c(C)n1. The number of aromatic amines is 1. The van der Waals surface area contributed by atoms with Crippen molar-refractivity contribution in [3.05, 3.63) is 35.4 Å². The molecule has 18 heavy (non-hydrogen) atoms. The molecule has 0 fully saturated rings. The van der Waals surface area contributed by atoms with Gasteiger partial charge in [0.2, 0.25) is 5.16 Å². The molecule has 0 amide bonds. The lowest BCUT2D eigenvalue weighted by molar-refractivity contribution is 0.585. The Kier molecular flexibility index (Phi) is 4.33. The molecular formula is C12H15FN4S. The molecule has 0 spiro atoms. The molecule has 0 aliphatic carbocycles. The van der Waals surface area contributed by atoms with E-state index in [0.717, 1.165) is 17.3 Å². The van der Waals surface area contributed by atoms with Gasteiger partial charge in [-0.05, 0) is 37.4 Å². The lowest BCUT2D eigenvalue weighted by atomic mass is 10.2. The van der Waals surface area contributed by atoms with E-state index in [9.17, 15) is 4.39 Å². The molecule has 2 rings (SSSR count). The second kappa shape index (κ2) is 5.97. The van der Waals surface area contributed by atoms with E-state index >= 15 is 0 Å². The van der Waals surface area contributed by atoms with Gasteiger partial charge in [0.05, 0.1) is 0 Å². The van der Waals surface area contributed by atoms with Crippen molar-refractivity contribution in [1.82, 2.24) is 20.5 Å². The molecule has 0 atom stereocenters. The first kappa shape index (κ1) is 13.0. The van der Waals surface area contributed by atoms with Crippen molar-refractivity contribution in [1.29, 1.82) is 0 Å². The molecule has 2 aromatic rings. The summed E-state index contributed by atoms with van der Waals surface area (Å²) in [6, 6.07) is 5.05. The molecule has 0 saturated carbocycles. The molecule has 0 aliphatic heterocycles. The Bertz CT molecular complexity index is 527. The molecule has 6 heteroatoms. The fourth-order valence-electron chi connectivity index (χ4n) is 1.52. The first-order chi connectivity index (χ1) is 8.70. The molecule has 1 heterocycles. The van der Waals surface area contributed by atoms with Crippen LogP contribution in [-0.2, 0) is 6.54 Å². The Morgan fingerprint density at radius 2 is 2.28 bits per heavy atom. The van der Waals surface area contributed by atoms with Crippen molar-refractivity contribution in [2.75, 3.05) is 6.54 Å². The number of H-pyrrole nitrogens is 1. The van der Waals surface area contributed by atoms with Gasteiger partial charge in [0.1, 0.15) is 11.6 Å². The zero-order valence-electron chi connectivity index (χ0n) is 10.3. The van der Waals surface area contributed by atoms with Gasteiger partial charge in [0, 0.05) is 17.0 Å². The van der Waals surface area contributed by atoms with Crippen LogP contribution >= 0.6 is 11.8 Å². The number of hydrogen-bond donors (Lipinski definition) is 2. The maximum absolute atomic E-state index is 13.8. The van der Waals surface area contributed by atoms with Crippen LogP contribution in [0.5, 0.6) is 0 Å². The fraction of sp³-hybridized carbons (Fsp3) is 0.333. The largest absolute Gasteiger partial charge is 0.313 e. The summed E-state index contributed by atoms with van der Waals surface area (Å²) in [5.74, 6) is 0.551. The van der Waals surface area contributed by atoms with E-state index in [1.54, 1.807) is 6.07 Å². The smallest absolute Gasteiger partial charge is 0.213 e. The molecular weight excluding hydrogens is 251 g/mol. The lowest BCUT2D eigenvalue weighted by Crippen LogP contribution is -2.13. The van der Waals surface area contributed by atoms with E-state index in [0.29, 0.717) is 17.3 Å². The lowest BCUT2D eigenvalue weighted by Gasteiger charge is -2.08. The summed E-state index contributed by atoms with van der Waals surface area (Å²) >= 11 is 1.37. The third-order valence-corrected chi connectivity index (χ3v) is 3.37. The second-order valence-electron chi connectivity index (χ2n) is 3.80. The summed E-state index contributed by atoms with van der Waals surface area (Å²) in [5.41, 5.74) is 0.659. The number of hydrogen-bond acceptors (Lipinski definition) is 4. The van der Waals surface area contributed by atoms with Crippen molar-refractivity contribution < 1.29 is 4.39 Å². The Morgan fingerprint density at radius 3 is 2.94 bits per heavy atom. The van der Waals surface area contributed by atoms with Crippen LogP contribution in [0.3, 0.4) is 0 Å². The molecule has 1 aromatic carbocycles. The average Bonchev–Trinajstić information content (AvgIpc) is 2.74. The molecule has 2 N–H and O–H groups in total. The summed E-state index contributed by atoms with van der Waals surface area (Å²) in [7, 11) is 0. The van der Waals surface area contributed by atoms with Gasteiger partial charge in [-0.25, -0.2) is 9.37 Å². The second-order valence-corrected chi connectivity index (χ2v) is 4.81. The highest BCUT2D eigenvalue weighted by Gasteiger charge is 2.11. The molecule has 0 bridgehead atoms. The number of benzene rings is 1. The van der Waals surface area contributed by atoms with Crippen molar-refractivity contribution in [3.8, 4) is 0 Å². The molecule has 0 unspecified atom stereocenters. The number of rotatable bonds is 5. The van der Waals surface area contributed by atoms with Gasteiger partial charge in [-0.3, -0.25) is 5.10 Å². The predicted octanol–water partition coefficient (Wildman–Crippen LogP) is 2.51. The minimum atomic E-state index is -0.201. The van der Waals surface area contributed by atoms with Gasteiger partial charge in [-0.2, -0.15) is 0 Å². The molecule has 0 saturated heterocycles. The van der Waals surface area contributed by atoms with Gasteiger partial charge in [0.15, 0.2) is 0 Å². The zero-order valence-corrected chi connectivity index (χ0v) is 11.1. The number of aryl methyl sites for hydroxylation is 1. The highest BCUT2D eigenvalue weighted by Crippen LogP contribution is 2.29. The van der Waals surface area contributed by atoms with Gasteiger partial charge >= 0.3 is 0 Å². The van der Waals surface area contributed by atoms with Crippen molar-refractivity contribution in [2.24, 2.45) is 0 Å². The summed E-state index contributed by atoms with van der Waals surface area (Å²) in [5, 5.41) is 10.6. The maximum Gasteiger partial charge on any atom is 0.213 e. The molecule has 1 aromatic heterocycles. The maximum atomic E-state index is 13.8. The summed E-state index contributed by atoms with van der Waals surface area (Å²) in [6.45, 7) is 5.14. The van der Waals surface area contributed by atoms with Crippen LogP contribution in [0.1, 0.15) is 18.3 Å². The van der Waals surface area contributed by atoms with E-state index in [1.165, 1.54) is 17.8 Å². The van der Waals surface area contributed by atoms with Crippen LogP contribution < -0.4 is 5.32 Å². The van der Waals surface area contributed by atoms with Crippen LogP contribution in [0, 0.1) is 12.7 Å². The normalized spacial score (nSPS) is 10.8. The van der Waals surface area contributed by atoms with Gasteiger partial charge in [-0.15, -0.1) is 5.10 Å². The number of aromatic nitrogens is 3. The van der Waals surface area contributed by atoms with E-state index in [-0.39, 0.29) is 5.82 Å². The van der Waals surface area contributed by atoms with Crippen LogP contribution in [-0.4, -0.2) is 21.7 Å². The van der Waals surface area contributed by atoms with Crippen LogP contribution in [0.2, 0.25) is 0 Å². The minimum Gasteiger partial charge on any atom is -0.313 e. The highest BCUT2D eigenvalue weighted by molar-refractivity contribution is 7.99. The van der Waals surface area contributed by atoms with Crippen LogP contribution in [0.15, 0.2) is 28.3 Å². The van der Waals surface area contributed by atoms with Crippen molar-refractivity contribution in [2.45, 2.75) is 30.4 Å².